The number of ether oxygens (including phenoxy) is 2. The molecule has 450 valence electrons. The van der Waals surface area contributed by atoms with E-state index in [4.69, 9.17) is 24.3 Å². The first-order valence-corrected chi connectivity index (χ1v) is 34.3. The molecule has 0 aromatic rings. The summed E-state index contributed by atoms with van der Waals surface area (Å²) in [5.41, 5.74) is 5.38. The average molecular weight is 1100 g/mol. The number of esters is 2. The molecule has 0 spiro atoms. The molecule has 10 heteroatoms. The maximum Gasteiger partial charge on any atom is 0.472 e. The van der Waals surface area contributed by atoms with Gasteiger partial charge in [-0.25, -0.2) is 4.57 Å². The van der Waals surface area contributed by atoms with Crippen molar-refractivity contribution in [2.45, 2.75) is 328 Å². The fraction of sp³-hybridized carbons (Fsp3) is 0.821. The van der Waals surface area contributed by atoms with Crippen LogP contribution in [0.3, 0.4) is 0 Å². The molecule has 0 rings (SSSR count). The standard InChI is InChI=1S/C67H124NO8P/c1-3-5-7-9-11-13-15-17-19-21-22-23-24-25-26-27-28-29-30-31-32-33-34-35-36-37-38-39-40-41-42-44-45-47-49-51-53-55-57-59-66(69)73-63-65(64-75-77(71,72)74-62-61-68)76-67(70)60-58-56-54-52-50-48-46-43-20-18-16-14-12-10-8-6-4-2/h6,8,12,14,18,20,46,48,52,54,65H,3-5,7,9-11,13,15-17,19,21-45,47,49-51,53,55-64,68H2,1-2H3,(H,71,72)/b8-6-,14-12-,20-18-,48-46-,54-52-. The molecule has 77 heavy (non-hydrogen) atoms. The smallest absolute Gasteiger partial charge is 0.462 e. The molecule has 0 fully saturated rings. The van der Waals surface area contributed by atoms with Gasteiger partial charge >= 0.3 is 19.8 Å². The zero-order valence-electron chi connectivity index (χ0n) is 50.4. The van der Waals surface area contributed by atoms with Gasteiger partial charge in [-0.1, -0.05) is 319 Å². The molecule has 0 saturated carbocycles. The minimum Gasteiger partial charge on any atom is -0.462 e. The number of rotatable bonds is 62. The molecule has 0 amide bonds. The second-order valence-corrected chi connectivity index (χ2v) is 23.4. The third-order valence-corrected chi connectivity index (χ3v) is 15.4. The van der Waals surface area contributed by atoms with Gasteiger partial charge in [0.15, 0.2) is 6.10 Å². The van der Waals surface area contributed by atoms with Crippen molar-refractivity contribution in [1.29, 1.82) is 0 Å². The molecule has 3 N–H and O–H groups in total. The highest BCUT2D eigenvalue weighted by Crippen LogP contribution is 2.43. The minimum absolute atomic E-state index is 0.0433. The van der Waals surface area contributed by atoms with Gasteiger partial charge < -0.3 is 20.1 Å². The maximum atomic E-state index is 12.6. The van der Waals surface area contributed by atoms with Crippen molar-refractivity contribution in [3.63, 3.8) is 0 Å². The van der Waals surface area contributed by atoms with Gasteiger partial charge in [0.25, 0.3) is 0 Å². The highest BCUT2D eigenvalue weighted by atomic mass is 31.2. The minimum atomic E-state index is -4.40. The Morgan fingerprint density at radius 3 is 1.05 bits per heavy atom. The van der Waals surface area contributed by atoms with E-state index >= 15 is 0 Å². The summed E-state index contributed by atoms with van der Waals surface area (Å²) in [6, 6.07) is 0. The van der Waals surface area contributed by atoms with E-state index < -0.39 is 32.5 Å². The van der Waals surface area contributed by atoms with Gasteiger partial charge in [-0.3, -0.25) is 18.6 Å². The van der Waals surface area contributed by atoms with Crippen LogP contribution < -0.4 is 5.73 Å². The molecule has 0 aromatic heterocycles. The van der Waals surface area contributed by atoms with Gasteiger partial charge in [0.2, 0.25) is 0 Å². The van der Waals surface area contributed by atoms with Gasteiger partial charge in [-0.15, -0.1) is 0 Å². The number of nitrogens with two attached hydrogens (primary N) is 1. The van der Waals surface area contributed by atoms with Crippen molar-refractivity contribution in [2.75, 3.05) is 26.4 Å². The second-order valence-electron chi connectivity index (χ2n) is 22.0. The third-order valence-electron chi connectivity index (χ3n) is 14.4. The molecule has 0 radical (unpaired) electrons. The van der Waals surface area contributed by atoms with Crippen LogP contribution in [0.1, 0.15) is 322 Å². The quantitative estimate of drug-likeness (QED) is 0.0264. The molecule has 0 heterocycles. The van der Waals surface area contributed by atoms with E-state index in [9.17, 15) is 19.0 Å². The monoisotopic (exact) mass is 1100 g/mol. The first-order chi connectivity index (χ1) is 37.8. The summed E-state index contributed by atoms with van der Waals surface area (Å²) in [4.78, 5) is 35.1. The van der Waals surface area contributed by atoms with Crippen molar-refractivity contribution in [3.05, 3.63) is 60.8 Å². The Balaban J connectivity index is 3.77. The Morgan fingerprint density at radius 1 is 0.403 bits per heavy atom. The summed E-state index contributed by atoms with van der Waals surface area (Å²) >= 11 is 0. The van der Waals surface area contributed by atoms with Gasteiger partial charge in [-0.05, 0) is 51.4 Å². The maximum absolute atomic E-state index is 12.6. The Labute approximate surface area is 476 Å². The first kappa shape index (κ1) is 74.7. The molecule has 0 aromatic carbocycles. The lowest BCUT2D eigenvalue weighted by Gasteiger charge is -2.19. The number of phosphoric acid groups is 1. The van der Waals surface area contributed by atoms with Gasteiger partial charge in [0, 0.05) is 19.4 Å². The van der Waals surface area contributed by atoms with Crippen LogP contribution in [-0.2, 0) is 32.7 Å². The Bertz CT molecular complexity index is 1440. The van der Waals surface area contributed by atoms with Gasteiger partial charge in [0.05, 0.1) is 13.2 Å². The molecule has 0 aliphatic heterocycles. The largest absolute Gasteiger partial charge is 0.472 e. The Kier molecular flexibility index (Phi) is 61.0. The zero-order chi connectivity index (χ0) is 55.9. The number of hydrogen-bond donors (Lipinski definition) is 2. The van der Waals surface area contributed by atoms with Crippen molar-refractivity contribution in [2.24, 2.45) is 5.73 Å². The third kappa shape index (κ3) is 62.8. The van der Waals surface area contributed by atoms with Crippen LogP contribution in [0.2, 0.25) is 0 Å². The molecule has 2 atom stereocenters. The number of phosphoric ester groups is 1. The lowest BCUT2D eigenvalue weighted by Crippen LogP contribution is -2.29. The molecule has 0 bridgehead atoms. The summed E-state index contributed by atoms with van der Waals surface area (Å²) in [5.74, 6) is -0.887. The second kappa shape index (κ2) is 62.9. The fourth-order valence-electron chi connectivity index (χ4n) is 9.62. The van der Waals surface area contributed by atoms with Crippen LogP contribution >= 0.6 is 7.82 Å². The SMILES string of the molecule is CC/C=C\C/C=C\C/C=C\C/C=C\C/C=C\CCCC(=O)OC(COC(=O)CCCCCCCCCCCCCCCCCCCCCCCCCCCCCCCCCCCCCCCCC)COP(=O)(O)OCCN. The van der Waals surface area contributed by atoms with Crippen molar-refractivity contribution in [3.8, 4) is 0 Å². The van der Waals surface area contributed by atoms with E-state index in [1.165, 1.54) is 231 Å². The molecular weight excluding hydrogens is 978 g/mol. The van der Waals surface area contributed by atoms with Crippen LogP contribution in [0.25, 0.3) is 0 Å². The summed E-state index contributed by atoms with van der Waals surface area (Å²) in [5, 5.41) is 0. The molecule has 9 nitrogen and oxygen atoms in total. The van der Waals surface area contributed by atoms with Crippen LogP contribution in [0.5, 0.6) is 0 Å². The summed E-state index contributed by atoms with van der Waals surface area (Å²) in [6.07, 6.45) is 80.7. The number of carbonyl (C=O) groups excluding carboxylic acids is 2. The average Bonchev–Trinajstić information content (AvgIpc) is 3.42. The molecule has 0 aliphatic carbocycles. The summed E-state index contributed by atoms with van der Waals surface area (Å²) < 4.78 is 33.0. The van der Waals surface area contributed by atoms with Gasteiger partial charge in [-0.2, -0.15) is 0 Å². The van der Waals surface area contributed by atoms with E-state index in [1.54, 1.807) is 0 Å². The Hall–Kier alpha value is -2.29. The molecule has 0 aliphatic rings. The van der Waals surface area contributed by atoms with Crippen LogP contribution in [0.4, 0.5) is 0 Å². The van der Waals surface area contributed by atoms with E-state index in [2.05, 4.69) is 68.5 Å². The number of carbonyl (C=O) groups is 2. The topological polar surface area (TPSA) is 134 Å². The van der Waals surface area contributed by atoms with Crippen LogP contribution in [0.15, 0.2) is 60.8 Å². The van der Waals surface area contributed by atoms with Crippen LogP contribution in [0, 0.1) is 0 Å². The predicted molar refractivity (Wildman–Crippen MR) is 330 cm³/mol. The zero-order valence-corrected chi connectivity index (χ0v) is 51.3. The fourth-order valence-corrected chi connectivity index (χ4v) is 10.4. The lowest BCUT2D eigenvalue weighted by atomic mass is 10.0. The summed E-state index contributed by atoms with van der Waals surface area (Å²) in [6.45, 7) is 3.60. The number of hydrogen-bond acceptors (Lipinski definition) is 8. The highest BCUT2D eigenvalue weighted by molar-refractivity contribution is 7.47. The Morgan fingerprint density at radius 2 is 0.714 bits per heavy atom. The van der Waals surface area contributed by atoms with E-state index in [-0.39, 0.29) is 32.6 Å². The predicted octanol–water partition coefficient (Wildman–Crippen LogP) is 21.1. The van der Waals surface area contributed by atoms with Gasteiger partial charge in [0.1, 0.15) is 6.61 Å². The lowest BCUT2D eigenvalue weighted by molar-refractivity contribution is -0.161. The summed E-state index contributed by atoms with van der Waals surface area (Å²) in [7, 11) is -4.40. The van der Waals surface area contributed by atoms with E-state index in [0.29, 0.717) is 12.8 Å². The van der Waals surface area contributed by atoms with Crippen molar-refractivity contribution < 1.29 is 37.6 Å². The molecular formula is C67H124NO8P. The number of unbranched alkanes of at least 4 members (excludes halogenated alkanes) is 39. The van der Waals surface area contributed by atoms with Crippen molar-refractivity contribution in [1.82, 2.24) is 0 Å². The van der Waals surface area contributed by atoms with E-state index in [1.807, 2.05) is 6.08 Å². The molecule has 2 unspecified atom stereocenters. The number of allylic oxidation sites excluding steroid dienone is 10. The van der Waals surface area contributed by atoms with Crippen molar-refractivity contribution >= 4 is 19.8 Å². The normalized spacial score (nSPS) is 13.4. The molecule has 0 saturated heterocycles. The highest BCUT2D eigenvalue weighted by Gasteiger charge is 2.26. The van der Waals surface area contributed by atoms with Crippen LogP contribution in [-0.4, -0.2) is 49.3 Å². The first-order valence-electron chi connectivity index (χ1n) is 32.8. The van der Waals surface area contributed by atoms with E-state index in [0.717, 1.165) is 51.4 Å².